The van der Waals surface area contributed by atoms with Gasteiger partial charge < -0.3 is 30.3 Å². The quantitative estimate of drug-likeness (QED) is 0.458. The molecule has 0 unspecified atom stereocenters. The summed E-state index contributed by atoms with van der Waals surface area (Å²) >= 11 is 7.58. The van der Waals surface area contributed by atoms with Crippen LogP contribution in [0.1, 0.15) is 13.3 Å². The van der Waals surface area contributed by atoms with Crippen LogP contribution in [-0.4, -0.2) is 42.8 Å². The van der Waals surface area contributed by atoms with E-state index in [2.05, 4.69) is 37.7 Å². The number of rotatable bonds is 6. The molecular weight excluding hydrogens is 452 g/mol. The van der Waals surface area contributed by atoms with E-state index in [0.717, 1.165) is 36.6 Å². The van der Waals surface area contributed by atoms with Crippen LogP contribution in [0.25, 0.3) is 0 Å². The molecule has 3 heterocycles. The third-order valence-corrected chi connectivity index (χ3v) is 5.85. The van der Waals surface area contributed by atoms with Gasteiger partial charge in [0.2, 0.25) is 11.0 Å². The van der Waals surface area contributed by atoms with Crippen molar-refractivity contribution in [3.63, 3.8) is 0 Å². The van der Waals surface area contributed by atoms with E-state index < -0.39 is 6.09 Å². The van der Waals surface area contributed by atoms with Crippen LogP contribution in [-0.2, 0) is 0 Å². The number of nitrogens with one attached hydrogen (secondary N) is 3. The van der Waals surface area contributed by atoms with Crippen molar-refractivity contribution in [3.8, 4) is 10.8 Å². The van der Waals surface area contributed by atoms with Gasteiger partial charge in [0.1, 0.15) is 10.8 Å². The van der Waals surface area contributed by atoms with Gasteiger partial charge in [-0.05, 0) is 43.0 Å². The Morgan fingerprint density at radius 2 is 2.22 bits per heavy atom. The van der Waals surface area contributed by atoms with Gasteiger partial charge in [0.15, 0.2) is 5.82 Å². The molecule has 32 heavy (non-hydrogen) atoms. The summed E-state index contributed by atoms with van der Waals surface area (Å²) < 4.78 is 11.1. The Bertz CT molecular complexity index is 1110. The molecule has 168 valence electrons. The van der Waals surface area contributed by atoms with E-state index in [1.54, 1.807) is 11.4 Å². The molecule has 0 fully saturated rings. The predicted molar refractivity (Wildman–Crippen MR) is 127 cm³/mol. The lowest BCUT2D eigenvalue weighted by Crippen LogP contribution is -2.23. The SMILES string of the molecule is CCN1CCCOc2ccc(Nc3ncc(Cl)c(Nc4ccsc4OC(=O)NC)n3)cc21. The van der Waals surface area contributed by atoms with E-state index in [4.69, 9.17) is 21.1 Å². The summed E-state index contributed by atoms with van der Waals surface area (Å²) in [7, 11) is 1.50. The summed E-state index contributed by atoms with van der Waals surface area (Å²) in [6, 6.07) is 7.69. The highest BCUT2D eigenvalue weighted by atomic mass is 35.5. The lowest BCUT2D eigenvalue weighted by atomic mass is 10.2. The van der Waals surface area contributed by atoms with E-state index >= 15 is 0 Å². The van der Waals surface area contributed by atoms with Crippen molar-refractivity contribution in [3.05, 3.63) is 40.9 Å². The van der Waals surface area contributed by atoms with E-state index in [9.17, 15) is 4.79 Å². The lowest BCUT2D eigenvalue weighted by Gasteiger charge is -2.22. The number of ether oxygens (including phenoxy) is 2. The zero-order valence-electron chi connectivity index (χ0n) is 17.6. The van der Waals surface area contributed by atoms with Crippen molar-refractivity contribution in [2.75, 3.05) is 42.3 Å². The number of thiophene rings is 1. The van der Waals surface area contributed by atoms with Crippen LogP contribution < -0.4 is 30.3 Å². The summed E-state index contributed by atoms with van der Waals surface area (Å²) in [5.74, 6) is 1.63. The molecule has 0 radical (unpaired) electrons. The van der Waals surface area contributed by atoms with Crippen molar-refractivity contribution in [2.24, 2.45) is 0 Å². The van der Waals surface area contributed by atoms with Crippen LogP contribution in [0.15, 0.2) is 35.8 Å². The van der Waals surface area contributed by atoms with E-state index in [0.29, 0.717) is 34.1 Å². The number of fused-ring (bicyclic) bond motifs is 1. The van der Waals surface area contributed by atoms with Crippen molar-refractivity contribution < 1.29 is 14.3 Å². The third-order valence-electron chi connectivity index (χ3n) is 4.78. The molecule has 0 spiro atoms. The molecule has 1 aliphatic heterocycles. The van der Waals surface area contributed by atoms with Crippen LogP contribution in [0.3, 0.4) is 0 Å². The number of nitrogens with zero attached hydrogens (tertiary/aromatic N) is 3. The predicted octanol–water partition coefficient (Wildman–Crippen LogP) is 5.01. The topological polar surface area (TPSA) is 101 Å². The molecule has 9 nitrogen and oxygen atoms in total. The Kier molecular flexibility index (Phi) is 6.81. The second-order valence-corrected chi connectivity index (χ2v) is 8.15. The molecule has 1 aliphatic rings. The first kappa shape index (κ1) is 22.0. The highest BCUT2D eigenvalue weighted by Gasteiger charge is 2.17. The molecule has 1 aromatic carbocycles. The van der Waals surface area contributed by atoms with E-state index in [-0.39, 0.29) is 0 Å². The molecule has 4 rings (SSSR count). The van der Waals surface area contributed by atoms with Gasteiger partial charge >= 0.3 is 6.09 Å². The fraction of sp³-hybridized carbons (Fsp3) is 0.286. The summed E-state index contributed by atoms with van der Waals surface area (Å²) in [4.78, 5) is 22.6. The molecule has 1 amide bonds. The normalized spacial score (nSPS) is 12.9. The average Bonchev–Trinajstić information content (AvgIpc) is 3.12. The van der Waals surface area contributed by atoms with Crippen LogP contribution >= 0.6 is 22.9 Å². The number of halogens is 1. The number of hydrogen-bond acceptors (Lipinski definition) is 9. The molecule has 0 aliphatic carbocycles. The van der Waals surface area contributed by atoms with Gasteiger partial charge in [-0.2, -0.15) is 4.98 Å². The molecule has 0 atom stereocenters. The Balaban J connectivity index is 1.55. The van der Waals surface area contributed by atoms with Crippen molar-refractivity contribution in [1.82, 2.24) is 15.3 Å². The second-order valence-electron chi connectivity index (χ2n) is 6.87. The molecule has 3 aromatic rings. The number of aromatic nitrogens is 2. The van der Waals surface area contributed by atoms with Gasteiger partial charge in [0.05, 0.1) is 24.2 Å². The van der Waals surface area contributed by atoms with Crippen molar-refractivity contribution in [1.29, 1.82) is 0 Å². The first-order chi connectivity index (χ1) is 15.6. The van der Waals surface area contributed by atoms with Gasteiger partial charge in [-0.1, -0.05) is 11.6 Å². The Hall–Kier alpha value is -3.24. The smallest absolute Gasteiger partial charge is 0.413 e. The largest absolute Gasteiger partial charge is 0.491 e. The fourth-order valence-electron chi connectivity index (χ4n) is 3.22. The minimum atomic E-state index is -0.556. The second kappa shape index (κ2) is 9.92. The summed E-state index contributed by atoms with van der Waals surface area (Å²) in [6.45, 7) is 4.67. The molecule has 0 saturated carbocycles. The Morgan fingerprint density at radius 3 is 3.03 bits per heavy atom. The number of carbonyl (C=O) groups is 1. The molecule has 2 aromatic heterocycles. The van der Waals surface area contributed by atoms with Crippen LogP contribution in [0.5, 0.6) is 10.8 Å². The lowest BCUT2D eigenvalue weighted by molar-refractivity contribution is 0.204. The van der Waals surface area contributed by atoms with Gasteiger partial charge in [-0.3, -0.25) is 0 Å². The maximum Gasteiger partial charge on any atom is 0.413 e. The van der Waals surface area contributed by atoms with Crippen molar-refractivity contribution >= 4 is 57.9 Å². The standard InChI is InChI=1S/C21H23ClN6O3S/c1-3-28-8-4-9-30-17-6-5-13(11-16(17)28)25-20-24-12-14(22)18(27-20)26-15-7-10-32-19(15)31-21(29)23-2/h5-7,10-12H,3-4,8-9H2,1-2H3,(H,23,29)(H2,24,25,26,27). The fourth-order valence-corrected chi connectivity index (χ4v) is 4.06. The molecule has 0 bridgehead atoms. The van der Waals surface area contributed by atoms with Gasteiger partial charge in [-0.15, -0.1) is 11.3 Å². The van der Waals surface area contributed by atoms with Crippen LogP contribution in [0.4, 0.5) is 33.6 Å². The number of hydrogen-bond donors (Lipinski definition) is 3. The number of amides is 1. The monoisotopic (exact) mass is 474 g/mol. The first-order valence-electron chi connectivity index (χ1n) is 10.1. The van der Waals surface area contributed by atoms with E-state index in [1.165, 1.54) is 24.6 Å². The highest BCUT2D eigenvalue weighted by molar-refractivity contribution is 7.12. The average molecular weight is 475 g/mol. The van der Waals surface area contributed by atoms with Crippen LogP contribution in [0, 0.1) is 0 Å². The Morgan fingerprint density at radius 1 is 1.34 bits per heavy atom. The van der Waals surface area contributed by atoms with Gasteiger partial charge in [0, 0.05) is 25.8 Å². The van der Waals surface area contributed by atoms with Crippen LogP contribution in [0.2, 0.25) is 5.02 Å². The highest BCUT2D eigenvalue weighted by Crippen LogP contribution is 2.36. The number of anilines is 5. The maximum atomic E-state index is 11.5. The summed E-state index contributed by atoms with van der Waals surface area (Å²) in [5, 5.41) is 11.3. The van der Waals surface area contributed by atoms with Gasteiger partial charge in [-0.25, -0.2) is 9.78 Å². The van der Waals surface area contributed by atoms with E-state index in [1.807, 2.05) is 18.2 Å². The number of carbonyl (C=O) groups excluding carboxylic acids is 1. The first-order valence-corrected chi connectivity index (χ1v) is 11.4. The molecule has 0 saturated heterocycles. The minimum Gasteiger partial charge on any atom is -0.491 e. The zero-order valence-corrected chi connectivity index (χ0v) is 19.2. The van der Waals surface area contributed by atoms with Crippen molar-refractivity contribution in [2.45, 2.75) is 13.3 Å². The summed E-state index contributed by atoms with van der Waals surface area (Å²) in [6.07, 6.45) is 1.94. The Labute approximate surface area is 194 Å². The molecule has 11 heteroatoms. The summed E-state index contributed by atoms with van der Waals surface area (Å²) in [5.41, 5.74) is 2.45. The zero-order chi connectivity index (χ0) is 22.5. The number of benzene rings is 1. The molecular formula is C21H23ClN6O3S. The molecule has 3 N–H and O–H groups in total. The van der Waals surface area contributed by atoms with Gasteiger partial charge in [0.25, 0.3) is 0 Å². The third kappa shape index (κ3) is 4.97. The minimum absolute atomic E-state index is 0.333. The maximum absolute atomic E-state index is 11.5.